The Morgan fingerprint density at radius 2 is 2.04 bits per heavy atom. The van der Waals surface area contributed by atoms with E-state index in [1.807, 2.05) is 18.2 Å². The van der Waals surface area contributed by atoms with E-state index in [0.717, 1.165) is 57.7 Å². The lowest BCUT2D eigenvalue weighted by Crippen LogP contribution is -2.27. The normalized spacial score (nSPS) is 19.4. The average molecular weight is 341 g/mol. The first-order chi connectivity index (χ1) is 12.3. The van der Waals surface area contributed by atoms with Crippen LogP contribution in [0, 0.1) is 5.92 Å². The van der Waals surface area contributed by atoms with Gasteiger partial charge in [-0.3, -0.25) is 9.58 Å². The Balaban J connectivity index is 1.28. The fourth-order valence-electron chi connectivity index (χ4n) is 3.50. The summed E-state index contributed by atoms with van der Waals surface area (Å²) in [5.41, 5.74) is 3.30. The summed E-state index contributed by atoms with van der Waals surface area (Å²) in [5, 5.41) is 15.0. The molecule has 1 aromatic heterocycles. The minimum Gasteiger partial charge on any atom is -0.386 e. The molecule has 0 bridgehead atoms. The van der Waals surface area contributed by atoms with Crippen molar-refractivity contribution in [3.05, 3.63) is 53.3 Å². The van der Waals surface area contributed by atoms with Gasteiger partial charge in [-0.05, 0) is 36.8 Å². The number of hydrogen-bond donors (Lipinski definition) is 1. The van der Waals surface area contributed by atoms with Crippen molar-refractivity contribution in [3.8, 4) is 0 Å². The molecule has 5 nitrogen and oxygen atoms in total. The number of nitrogens with zero attached hydrogens (tertiary/aromatic N) is 3. The van der Waals surface area contributed by atoms with Crippen LogP contribution in [0.3, 0.4) is 0 Å². The van der Waals surface area contributed by atoms with E-state index in [2.05, 4.69) is 32.9 Å². The molecule has 0 saturated heterocycles. The van der Waals surface area contributed by atoms with Crippen LogP contribution in [0.1, 0.15) is 42.3 Å². The van der Waals surface area contributed by atoms with Crippen molar-refractivity contribution >= 4 is 0 Å². The van der Waals surface area contributed by atoms with Crippen LogP contribution in [0.2, 0.25) is 0 Å². The van der Waals surface area contributed by atoms with Gasteiger partial charge in [-0.2, -0.15) is 5.10 Å². The molecule has 2 aromatic rings. The molecule has 0 radical (unpaired) electrons. The average Bonchev–Trinajstić information content (AvgIpc) is 3.44. The van der Waals surface area contributed by atoms with Crippen LogP contribution in [-0.4, -0.2) is 39.5 Å². The Kier molecular flexibility index (Phi) is 5.15. The molecule has 4 rings (SSSR count). The van der Waals surface area contributed by atoms with Gasteiger partial charge < -0.3 is 9.84 Å². The van der Waals surface area contributed by atoms with Crippen LogP contribution in [0.4, 0.5) is 0 Å². The predicted octanol–water partition coefficient (Wildman–Crippen LogP) is 2.75. The SMILES string of the molecule is O[C@H](c1cc2n(n1)CCCN(CCOCc1ccccc1)C2)C1CC1. The quantitative estimate of drug-likeness (QED) is 0.787. The van der Waals surface area contributed by atoms with Crippen molar-refractivity contribution in [2.75, 3.05) is 19.7 Å². The maximum Gasteiger partial charge on any atom is 0.101 e. The number of benzene rings is 1. The third kappa shape index (κ3) is 4.29. The second kappa shape index (κ2) is 7.68. The Labute approximate surface area is 149 Å². The molecule has 1 atom stereocenters. The fourth-order valence-corrected chi connectivity index (χ4v) is 3.50. The number of rotatable bonds is 7. The molecule has 1 aromatic carbocycles. The summed E-state index contributed by atoms with van der Waals surface area (Å²) in [6, 6.07) is 12.4. The number of aromatic nitrogens is 2. The van der Waals surface area contributed by atoms with Crippen molar-refractivity contribution in [1.82, 2.24) is 14.7 Å². The second-order valence-electron chi connectivity index (χ2n) is 7.23. The maximum absolute atomic E-state index is 10.3. The molecule has 2 aliphatic rings. The van der Waals surface area contributed by atoms with E-state index < -0.39 is 0 Å². The molecule has 1 N–H and O–H groups in total. The molecule has 1 aliphatic carbocycles. The summed E-state index contributed by atoms with van der Waals surface area (Å²) in [7, 11) is 0. The lowest BCUT2D eigenvalue weighted by Gasteiger charge is -2.19. The van der Waals surface area contributed by atoms with Crippen LogP contribution in [0.15, 0.2) is 36.4 Å². The minimum absolute atomic E-state index is 0.373. The molecule has 0 spiro atoms. The van der Waals surface area contributed by atoms with E-state index in [0.29, 0.717) is 12.5 Å². The van der Waals surface area contributed by atoms with E-state index in [9.17, 15) is 5.11 Å². The number of ether oxygens (including phenoxy) is 1. The molecule has 0 unspecified atom stereocenters. The van der Waals surface area contributed by atoms with E-state index in [4.69, 9.17) is 4.74 Å². The zero-order chi connectivity index (χ0) is 17.1. The highest BCUT2D eigenvalue weighted by molar-refractivity contribution is 5.16. The number of aryl methyl sites for hydroxylation is 1. The van der Waals surface area contributed by atoms with Gasteiger partial charge in [-0.15, -0.1) is 0 Å². The zero-order valence-electron chi connectivity index (χ0n) is 14.7. The summed E-state index contributed by atoms with van der Waals surface area (Å²) in [6.45, 7) is 5.23. The predicted molar refractivity (Wildman–Crippen MR) is 95.9 cm³/mol. The molecule has 25 heavy (non-hydrogen) atoms. The highest BCUT2D eigenvalue weighted by Gasteiger charge is 2.33. The van der Waals surface area contributed by atoms with Crippen molar-refractivity contribution in [2.45, 2.75) is 45.1 Å². The van der Waals surface area contributed by atoms with Gasteiger partial charge in [0.25, 0.3) is 0 Å². The van der Waals surface area contributed by atoms with Crippen LogP contribution in [0.25, 0.3) is 0 Å². The van der Waals surface area contributed by atoms with Gasteiger partial charge in [0.1, 0.15) is 6.10 Å². The lowest BCUT2D eigenvalue weighted by molar-refractivity contribution is 0.0907. The molecule has 5 heteroatoms. The molecule has 2 heterocycles. The molecule has 1 aliphatic heterocycles. The van der Waals surface area contributed by atoms with Gasteiger partial charge in [0.2, 0.25) is 0 Å². The van der Waals surface area contributed by atoms with Gasteiger partial charge in [-0.25, -0.2) is 0 Å². The lowest BCUT2D eigenvalue weighted by atomic mass is 10.1. The van der Waals surface area contributed by atoms with Crippen molar-refractivity contribution in [3.63, 3.8) is 0 Å². The summed E-state index contributed by atoms with van der Waals surface area (Å²) < 4.78 is 7.92. The fraction of sp³-hybridized carbons (Fsp3) is 0.550. The second-order valence-corrected chi connectivity index (χ2v) is 7.23. The largest absolute Gasteiger partial charge is 0.386 e. The smallest absolute Gasteiger partial charge is 0.101 e. The molecule has 1 fully saturated rings. The summed E-state index contributed by atoms with van der Waals surface area (Å²) >= 11 is 0. The first kappa shape index (κ1) is 16.8. The van der Waals surface area contributed by atoms with E-state index in [-0.39, 0.29) is 6.10 Å². The first-order valence-corrected chi connectivity index (χ1v) is 9.38. The van der Waals surface area contributed by atoms with Crippen LogP contribution < -0.4 is 0 Å². The van der Waals surface area contributed by atoms with Crippen molar-refractivity contribution in [2.24, 2.45) is 5.92 Å². The van der Waals surface area contributed by atoms with Gasteiger partial charge in [0.05, 0.1) is 24.6 Å². The number of hydrogen-bond acceptors (Lipinski definition) is 4. The third-order valence-corrected chi connectivity index (χ3v) is 5.15. The molecule has 0 amide bonds. The first-order valence-electron chi connectivity index (χ1n) is 9.38. The van der Waals surface area contributed by atoms with Gasteiger partial charge in [0, 0.05) is 26.2 Å². The number of aliphatic hydroxyl groups excluding tert-OH is 1. The van der Waals surface area contributed by atoms with E-state index >= 15 is 0 Å². The number of fused-ring (bicyclic) bond motifs is 1. The van der Waals surface area contributed by atoms with Crippen LogP contribution in [-0.2, 0) is 24.4 Å². The Bertz CT molecular complexity index is 682. The Morgan fingerprint density at radius 3 is 2.84 bits per heavy atom. The standard InChI is InChI=1S/C20H27N3O2/c24-20(17-7-8-17)19-13-18-14-22(9-4-10-23(18)21-19)11-12-25-15-16-5-2-1-3-6-16/h1-3,5-6,13,17,20,24H,4,7-12,14-15H2/t20-/m0/s1. The Hall–Kier alpha value is -1.69. The molecule has 1 saturated carbocycles. The zero-order valence-corrected chi connectivity index (χ0v) is 14.7. The summed E-state index contributed by atoms with van der Waals surface area (Å²) in [5.74, 6) is 0.432. The monoisotopic (exact) mass is 341 g/mol. The van der Waals surface area contributed by atoms with Crippen molar-refractivity contribution < 1.29 is 9.84 Å². The highest BCUT2D eigenvalue weighted by atomic mass is 16.5. The third-order valence-electron chi connectivity index (χ3n) is 5.15. The van der Waals surface area contributed by atoms with Crippen LogP contribution in [0.5, 0.6) is 0 Å². The van der Waals surface area contributed by atoms with E-state index in [1.165, 1.54) is 11.3 Å². The summed E-state index contributed by atoms with van der Waals surface area (Å²) in [4.78, 5) is 2.43. The molecular weight excluding hydrogens is 314 g/mol. The number of aliphatic hydroxyl groups is 1. The molecular formula is C20H27N3O2. The van der Waals surface area contributed by atoms with E-state index in [1.54, 1.807) is 0 Å². The minimum atomic E-state index is -0.373. The van der Waals surface area contributed by atoms with Crippen molar-refractivity contribution in [1.29, 1.82) is 0 Å². The Morgan fingerprint density at radius 1 is 1.20 bits per heavy atom. The van der Waals surface area contributed by atoms with Gasteiger partial charge in [0.15, 0.2) is 0 Å². The summed E-state index contributed by atoms with van der Waals surface area (Å²) in [6.07, 6.45) is 2.98. The topological polar surface area (TPSA) is 50.5 Å². The van der Waals surface area contributed by atoms with Gasteiger partial charge in [-0.1, -0.05) is 30.3 Å². The highest BCUT2D eigenvalue weighted by Crippen LogP contribution is 2.40. The molecule has 134 valence electrons. The van der Waals surface area contributed by atoms with Gasteiger partial charge >= 0.3 is 0 Å². The van der Waals surface area contributed by atoms with Crippen LogP contribution >= 0.6 is 0 Å². The maximum atomic E-state index is 10.3.